The molecule has 0 radical (unpaired) electrons. The molecule has 11 heteroatoms. The first-order valence-corrected chi connectivity index (χ1v) is 14.7. The number of halogens is 1. The third kappa shape index (κ3) is 7.53. The molecule has 3 aromatic rings. The summed E-state index contributed by atoms with van der Waals surface area (Å²) >= 11 is 0. The Kier molecular flexibility index (Phi) is 11.1. The molecule has 230 valence electrons. The minimum atomic E-state index is -0.407. The molecule has 0 bridgehead atoms. The minimum absolute atomic E-state index is 0. The maximum atomic E-state index is 12.7. The van der Waals surface area contributed by atoms with Crippen LogP contribution in [-0.4, -0.2) is 71.8 Å². The molecule has 0 amide bonds. The smallest absolute Gasteiger partial charge is 0.323 e. The SMILES string of the molecule is Cc1cc(-c2nc3ccc(OCCNC(C(=O)O[C@H]4CCOC4)C(C)C)cc3n2CC2CCOCC2)cn(C)c1=O.Cl. The third-order valence-corrected chi connectivity index (χ3v) is 7.95. The van der Waals surface area contributed by atoms with Crippen molar-refractivity contribution in [3.8, 4) is 17.1 Å². The summed E-state index contributed by atoms with van der Waals surface area (Å²) in [5.41, 5.74) is 3.46. The van der Waals surface area contributed by atoms with Gasteiger partial charge in [-0.2, -0.15) is 0 Å². The first-order chi connectivity index (χ1) is 19.8. The Morgan fingerprint density at radius 1 is 1.14 bits per heavy atom. The molecular weight excluding hydrogens is 560 g/mol. The molecule has 1 N–H and O–H groups in total. The van der Waals surface area contributed by atoms with Crippen molar-refractivity contribution in [3.05, 3.63) is 46.4 Å². The number of fused-ring (bicyclic) bond motifs is 1. The van der Waals surface area contributed by atoms with Crippen LogP contribution in [0.1, 0.15) is 38.7 Å². The largest absolute Gasteiger partial charge is 0.492 e. The van der Waals surface area contributed by atoms with Gasteiger partial charge in [0.25, 0.3) is 5.56 Å². The zero-order valence-electron chi connectivity index (χ0n) is 25.0. The lowest BCUT2D eigenvalue weighted by molar-refractivity contribution is -0.152. The lowest BCUT2D eigenvalue weighted by Crippen LogP contribution is -2.45. The summed E-state index contributed by atoms with van der Waals surface area (Å²) in [6, 6.07) is 7.46. The van der Waals surface area contributed by atoms with Crippen LogP contribution < -0.4 is 15.6 Å². The number of hydrogen-bond donors (Lipinski definition) is 1. The molecule has 2 fully saturated rings. The molecule has 4 heterocycles. The lowest BCUT2D eigenvalue weighted by atomic mass is 10.00. The molecular formula is C31H43ClN4O6. The second-order valence-corrected chi connectivity index (χ2v) is 11.5. The number of carbonyl (C=O) groups excluding carboxylic acids is 1. The Morgan fingerprint density at radius 3 is 2.60 bits per heavy atom. The number of rotatable bonds is 11. The molecule has 2 saturated heterocycles. The molecule has 0 spiro atoms. The predicted molar refractivity (Wildman–Crippen MR) is 163 cm³/mol. The van der Waals surface area contributed by atoms with Crippen LogP contribution in [0.3, 0.4) is 0 Å². The number of nitrogens with one attached hydrogen (secondary N) is 1. The Bertz CT molecular complexity index is 1380. The van der Waals surface area contributed by atoms with Crippen LogP contribution in [0.25, 0.3) is 22.4 Å². The highest BCUT2D eigenvalue weighted by Gasteiger charge is 2.28. The average Bonchev–Trinajstić information content (AvgIpc) is 3.59. The molecule has 2 aliphatic rings. The van der Waals surface area contributed by atoms with Crippen LogP contribution in [0.15, 0.2) is 35.3 Å². The Balaban J connectivity index is 0.00000405. The standard InChI is InChI=1S/C31H42N4O6.ClH/c1-20(2)28(31(37)41-25-9-13-39-19-25)32-10-14-40-24-5-6-26-27(16-24)35(17-22-7-11-38-12-8-22)29(33-26)23-15-21(3)30(36)34(4)18-23;/h5-6,15-16,18,20,22,25,28,32H,7-14,17,19H2,1-4H3;1H/t25-,28?;/m0./s1. The summed E-state index contributed by atoms with van der Waals surface area (Å²) in [4.78, 5) is 30.1. The molecule has 10 nitrogen and oxygen atoms in total. The number of aryl methyl sites for hydroxylation is 2. The van der Waals surface area contributed by atoms with Crippen LogP contribution in [0, 0.1) is 18.8 Å². The molecule has 2 aromatic heterocycles. The van der Waals surface area contributed by atoms with Gasteiger partial charge in [-0.25, -0.2) is 4.98 Å². The van der Waals surface area contributed by atoms with E-state index in [1.54, 1.807) is 11.6 Å². The Morgan fingerprint density at radius 2 is 1.90 bits per heavy atom. The number of esters is 1. The molecule has 0 saturated carbocycles. The monoisotopic (exact) mass is 602 g/mol. The van der Waals surface area contributed by atoms with Crippen molar-refractivity contribution in [2.24, 2.45) is 18.9 Å². The highest BCUT2D eigenvalue weighted by molar-refractivity contribution is 5.85. The summed E-state index contributed by atoms with van der Waals surface area (Å²) in [7, 11) is 1.77. The zero-order chi connectivity index (χ0) is 28.9. The highest BCUT2D eigenvalue weighted by atomic mass is 35.5. The van der Waals surface area contributed by atoms with Gasteiger partial charge in [0.15, 0.2) is 0 Å². The van der Waals surface area contributed by atoms with Crippen LogP contribution in [-0.2, 0) is 32.6 Å². The van der Waals surface area contributed by atoms with Crippen molar-refractivity contribution < 1.29 is 23.7 Å². The number of carbonyl (C=O) groups is 1. The number of ether oxygens (including phenoxy) is 4. The van der Waals surface area contributed by atoms with E-state index in [0.717, 1.165) is 67.2 Å². The summed E-state index contributed by atoms with van der Waals surface area (Å²) < 4.78 is 26.6. The molecule has 42 heavy (non-hydrogen) atoms. The first-order valence-electron chi connectivity index (χ1n) is 14.7. The molecule has 1 unspecified atom stereocenters. The van der Waals surface area contributed by atoms with Crippen molar-refractivity contribution in [1.82, 2.24) is 19.4 Å². The van der Waals surface area contributed by atoms with Crippen molar-refractivity contribution in [2.45, 2.75) is 58.7 Å². The van der Waals surface area contributed by atoms with Gasteiger partial charge in [0.05, 0.1) is 24.2 Å². The quantitative estimate of drug-likeness (QED) is 0.260. The van der Waals surface area contributed by atoms with E-state index in [1.165, 1.54) is 0 Å². The molecule has 2 atom stereocenters. The van der Waals surface area contributed by atoms with Gasteiger partial charge in [-0.15, -0.1) is 12.4 Å². The predicted octanol–water partition coefficient (Wildman–Crippen LogP) is 3.88. The van der Waals surface area contributed by atoms with E-state index in [9.17, 15) is 9.59 Å². The van der Waals surface area contributed by atoms with Crippen molar-refractivity contribution in [1.29, 1.82) is 0 Å². The van der Waals surface area contributed by atoms with Gasteiger partial charge in [-0.05, 0) is 49.8 Å². The van der Waals surface area contributed by atoms with E-state index in [4.69, 9.17) is 23.9 Å². The van der Waals surface area contributed by atoms with Crippen LogP contribution >= 0.6 is 12.4 Å². The van der Waals surface area contributed by atoms with Gasteiger partial charge >= 0.3 is 5.97 Å². The van der Waals surface area contributed by atoms with Crippen LogP contribution in [0.2, 0.25) is 0 Å². The fraction of sp³-hybridized carbons (Fsp3) is 0.581. The molecule has 1 aromatic carbocycles. The zero-order valence-corrected chi connectivity index (χ0v) is 25.8. The molecule has 2 aliphatic heterocycles. The molecule has 5 rings (SSSR count). The maximum Gasteiger partial charge on any atom is 0.323 e. The summed E-state index contributed by atoms with van der Waals surface area (Å²) in [6.07, 6.45) is 4.45. The summed E-state index contributed by atoms with van der Waals surface area (Å²) in [5.74, 6) is 1.90. The fourth-order valence-corrected chi connectivity index (χ4v) is 5.60. The second kappa shape index (κ2) is 14.5. The topological polar surface area (TPSA) is 106 Å². The minimum Gasteiger partial charge on any atom is -0.492 e. The average molecular weight is 603 g/mol. The Hall–Kier alpha value is -2.92. The van der Waals surface area contributed by atoms with Gasteiger partial charge < -0.3 is 33.4 Å². The number of pyridine rings is 1. The van der Waals surface area contributed by atoms with Crippen molar-refractivity contribution in [2.75, 3.05) is 39.6 Å². The van der Waals surface area contributed by atoms with Gasteiger partial charge in [-0.3, -0.25) is 9.59 Å². The number of benzene rings is 1. The van der Waals surface area contributed by atoms with Crippen LogP contribution in [0.4, 0.5) is 0 Å². The van der Waals surface area contributed by atoms with Crippen molar-refractivity contribution in [3.63, 3.8) is 0 Å². The summed E-state index contributed by atoms with van der Waals surface area (Å²) in [5, 5.41) is 3.31. The van der Waals surface area contributed by atoms with Gasteiger partial charge in [-0.1, -0.05) is 13.8 Å². The van der Waals surface area contributed by atoms with E-state index in [1.807, 2.05) is 51.2 Å². The van der Waals surface area contributed by atoms with E-state index in [0.29, 0.717) is 37.8 Å². The lowest BCUT2D eigenvalue weighted by Gasteiger charge is -2.24. The number of hydrogen-bond acceptors (Lipinski definition) is 8. The van der Waals surface area contributed by atoms with Gasteiger partial charge in [0, 0.05) is 63.2 Å². The van der Waals surface area contributed by atoms with E-state index in [2.05, 4.69) is 9.88 Å². The number of aromatic nitrogens is 3. The third-order valence-electron chi connectivity index (χ3n) is 7.95. The fourth-order valence-electron chi connectivity index (χ4n) is 5.60. The van der Waals surface area contributed by atoms with E-state index >= 15 is 0 Å². The van der Waals surface area contributed by atoms with Gasteiger partial charge in [0.2, 0.25) is 0 Å². The van der Waals surface area contributed by atoms with Crippen molar-refractivity contribution >= 4 is 29.4 Å². The summed E-state index contributed by atoms with van der Waals surface area (Å²) in [6.45, 7) is 10.2. The first kappa shape index (κ1) is 32.0. The normalized spacial score (nSPS) is 18.3. The Labute approximate surface area is 253 Å². The highest BCUT2D eigenvalue weighted by Crippen LogP contribution is 2.30. The number of imidazole rings is 1. The molecule has 0 aliphatic carbocycles. The van der Waals surface area contributed by atoms with Crippen LogP contribution in [0.5, 0.6) is 5.75 Å². The number of nitrogens with zero attached hydrogens (tertiary/aromatic N) is 3. The van der Waals surface area contributed by atoms with E-state index in [-0.39, 0.29) is 36.0 Å². The van der Waals surface area contributed by atoms with E-state index < -0.39 is 6.04 Å². The maximum absolute atomic E-state index is 12.7. The second-order valence-electron chi connectivity index (χ2n) is 11.5. The van der Waals surface area contributed by atoms with Gasteiger partial charge in [0.1, 0.15) is 30.3 Å².